The van der Waals surface area contributed by atoms with Crippen LogP contribution in [0.5, 0.6) is 5.88 Å². The minimum absolute atomic E-state index is 0.0168. The zero-order valence-corrected chi connectivity index (χ0v) is 13.4. The van der Waals surface area contributed by atoms with Crippen LogP contribution in [0.25, 0.3) is 0 Å². The Bertz CT molecular complexity index is 778. The van der Waals surface area contributed by atoms with E-state index in [0.717, 1.165) is 12.1 Å². The summed E-state index contributed by atoms with van der Waals surface area (Å²) in [7, 11) is 1.17. The number of nitrogens with zero attached hydrogens (tertiary/aromatic N) is 2. The van der Waals surface area contributed by atoms with E-state index < -0.39 is 24.3 Å². The van der Waals surface area contributed by atoms with E-state index in [0.29, 0.717) is 0 Å². The van der Waals surface area contributed by atoms with Gasteiger partial charge in [0.2, 0.25) is 5.88 Å². The van der Waals surface area contributed by atoms with Crippen molar-refractivity contribution in [3.8, 4) is 5.88 Å². The molecule has 0 radical (unpaired) electrons. The molecular weight excluding hydrogens is 341 g/mol. The van der Waals surface area contributed by atoms with Crippen LogP contribution in [-0.2, 0) is 24.1 Å². The van der Waals surface area contributed by atoms with Crippen LogP contribution in [0.1, 0.15) is 33.0 Å². The Kier molecular flexibility index (Phi) is 5.58. The Morgan fingerprint density at radius 1 is 1.28 bits per heavy atom. The number of esters is 1. The van der Waals surface area contributed by atoms with E-state index in [-0.39, 0.29) is 35.1 Å². The van der Waals surface area contributed by atoms with E-state index in [4.69, 9.17) is 4.74 Å². The first-order valence-electron chi connectivity index (χ1n) is 7.12. The lowest BCUT2D eigenvalue weighted by Gasteiger charge is -2.13. The number of ether oxygens (including phenoxy) is 2. The van der Waals surface area contributed by atoms with Gasteiger partial charge in [0.1, 0.15) is 13.2 Å². The molecule has 6 nitrogen and oxygen atoms in total. The highest BCUT2D eigenvalue weighted by Gasteiger charge is 2.30. The average Bonchev–Trinajstić information content (AvgIpc) is 2.59. The second-order valence-corrected chi connectivity index (χ2v) is 5.06. The molecule has 0 aliphatic heterocycles. The number of carbonyl (C=O) groups excluding carboxylic acids is 1. The fourth-order valence-corrected chi connectivity index (χ4v) is 2.04. The zero-order valence-electron chi connectivity index (χ0n) is 13.4. The Balaban J connectivity index is 2.27. The normalized spacial score (nSPS) is 11.3. The third kappa shape index (κ3) is 4.44. The molecule has 0 bridgehead atoms. The molecular formula is C16H15F3N2O4. The van der Waals surface area contributed by atoms with Crippen molar-refractivity contribution < 1.29 is 32.5 Å². The summed E-state index contributed by atoms with van der Waals surface area (Å²) >= 11 is 0. The Morgan fingerprint density at radius 2 is 2.00 bits per heavy atom. The number of benzene rings is 1. The quantitative estimate of drug-likeness (QED) is 0.830. The lowest BCUT2D eigenvalue weighted by Crippen LogP contribution is -2.13. The second-order valence-electron chi connectivity index (χ2n) is 5.06. The van der Waals surface area contributed by atoms with E-state index in [1.165, 1.54) is 26.2 Å². The van der Waals surface area contributed by atoms with E-state index in [2.05, 4.69) is 14.7 Å². The maximum absolute atomic E-state index is 12.7. The van der Waals surface area contributed by atoms with Crippen molar-refractivity contribution >= 4 is 5.97 Å². The van der Waals surface area contributed by atoms with Gasteiger partial charge in [-0.25, -0.2) is 9.78 Å². The van der Waals surface area contributed by atoms with E-state index >= 15 is 0 Å². The summed E-state index contributed by atoms with van der Waals surface area (Å²) in [6.07, 6.45) is -4.46. The summed E-state index contributed by atoms with van der Waals surface area (Å²) in [6.45, 7) is 0.770. The molecule has 0 unspecified atom stereocenters. The molecule has 0 saturated heterocycles. The summed E-state index contributed by atoms with van der Waals surface area (Å²) in [4.78, 5) is 19.5. The monoisotopic (exact) mass is 356 g/mol. The molecule has 0 atom stereocenters. The number of rotatable bonds is 5. The number of halogens is 3. The molecule has 0 aliphatic rings. The molecule has 0 amide bonds. The number of methoxy groups -OCH3 is 1. The molecule has 0 fully saturated rings. The minimum Gasteiger partial charge on any atom is -0.472 e. The lowest BCUT2D eigenvalue weighted by atomic mass is 10.1. The van der Waals surface area contributed by atoms with Gasteiger partial charge in [0.05, 0.1) is 12.7 Å². The van der Waals surface area contributed by atoms with Crippen LogP contribution >= 0.6 is 0 Å². The molecule has 0 saturated carbocycles. The van der Waals surface area contributed by atoms with Crippen molar-refractivity contribution in [1.82, 2.24) is 9.97 Å². The largest absolute Gasteiger partial charge is 0.472 e. The van der Waals surface area contributed by atoms with Gasteiger partial charge in [-0.15, -0.1) is 0 Å². The first-order chi connectivity index (χ1) is 11.8. The van der Waals surface area contributed by atoms with Crippen molar-refractivity contribution in [3.63, 3.8) is 0 Å². The summed E-state index contributed by atoms with van der Waals surface area (Å²) in [6, 6.07) is 4.66. The maximum Gasteiger partial charge on any atom is 0.416 e. The average molecular weight is 356 g/mol. The molecule has 2 aromatic rings. The molecule has 1 heterocycles. The van der Waals surface area contributed by atoms with Gasteiger partial charge >= 0.3 is 12.1 Å². The van der Waals surface area contributed by atoms with Crippen LogP contribution in [0, 0.1) is 6.92 Å². The Labute approximate surface area is 141 Å². The van der Waals surface area contributed by atoms with Gasteiger partial charge in [-0.05, 0) is 24.6 Å². The Hall–Kier alpha value is -2.68. The SMILES string of the molecule is COC(=O)c1nc(CO)nc(OCc2cccc(C(F)(F)F)c2)c1C. The summed E-state index contributed by atoms with van der Waals surface area (Å²) in [5, 5.41) is 9.19. The summed E-state index contributed by atoms with van der Waals surface area (Å²) in [5.74, 6) is -0.819. The first kappa shape index (κ1) is 18.7. The number of aliphatic hydroxyl groups is 1. The highest BCUT2D eigenvalue weighted by atomic mass is 19.4. The summed E-state index contributed by atoms with van der Waals surface area (Å²) in [5.41, 5.74) is -0.339. The highest BCUT2D eigenvalue weighted by molar-refractivity contribution is 5.89. The zero-order chi connectivity index (χ0) is 18.6. The number of hydrogen-bond donors (Lipinski definition) is 1. The van der Waals surface area contributed by atoms with Crippen LogP contribution in [-0.4, -0.2) is 28.2 Å². The van der Waals surface area contributed by atoms with Crippen LogP contribution < -0.4 is 4.74 Å². The molecule has 2 rings (SSSR count). The van der Waals surface area contributed by atoms with Crippen LogP contribution in [0.15, 0.2) is 24.3 Å². The predicted octanol–water partition coefficient (Wildman–Crippen LogP) is 2.66. The lowest BCUT2D eigenvalue weighted by molar-refractivity contribution is -0.137. The molecule has 1 aromatic carbocycles. The van der Waals surface area contributed by atoms with Gasteiger partial charge in [-0.1, -0.05) is 12.1 Å². The van der Waals surface area contributed by atoms with Crippen molar-refractivity contribution in [3.05, 3.63) is 52.5 Å². The topological polar surface area (TPSA) is 81.5 Å². The number of alkyl halides is 3. The van der Waals surface area contributed by atoms with Crippen LogP contribution in [0.2, 0.25) is 0 Å². The van der Waals surface area contributed by atoms with Gasteiger partial charge in [-0.3, -0.25) is 0 Å². The van der Waals surface area contributed by atoms with Gasteiger partial charge in [0, 0.05) is 5.56 Å². The van der Waals surface area contributed by atoms with Gasteiger partial charge in [-0.2, -0.15) is 18.2 Å². The van der Waals surface area contributed by atoms with Gasteiger partial charge < -0.3 is 14.6 Å². The third-order valence-electron chi connectivity index (χ3n) is 3.30. The van der Waals surface area contributed by atoms with E-state index in [1.807, 2.05) is 0 Å². The number of carbonyl (C=O) groups is 1. The fourth-order valence-electron chi connectivity index (χ4n) is 2.04. The molecule has 134 valence electrons. The van der Waals surface area contributed by atoms with Gasteiger partial charge in [0.15, 0.2) is 11.5 Å². The molecule has 0 aliphatic carbocycles. The van der Waals surface area contributed by atoms with Crippen molar-refractivity contribution in [2.75, 3.05) is 7.11 Å². The molecule has 9 heteroatoms. The van der Waals surface area contributed by atoms with Crippen molar-refractivity contribution in [2.45, 2.75) is 26.3 Å². The van der Waals surface area contributed by atoms with E-state index in [1.54, 1.807) is 0 Å². The minimum atomic E-state index is -4.46. The number of aliphatic hydroxyl groups excluding tert-OH is 1. The van der Waals surface area contributed by atoms with Crippen molar-refractivity contribution in [2.24, 2.45) is 0 Å². The van der Waals surface area contributed by atoms with Gasteiger partial charge in [0.25, 0.3) is 0 Å². The maximum atomic E-state index is 12.7. The number of aromatic nitrogens is 2. The smallest absolute Gasteiger partial charge is 0.416 e. The molecule has 25 heavy (non-hydrogen) atoms. The first-order valence-corrected chi connectivity index (χ1v) is 7.12. The van der Waals surface area contributed by atoms with Crippen LogP contribution in [0.3, 0.4) is 0 Å². The molecule has 1 aromatic heterocycles. The highest BCUT2D eigenvalue weighted by Crippen LogP contribution is 2.30. The van der Waals surface area contributed by atoms with Crippen molar-refractivity contribution in [1.29, 1.82) is 0 Å². The predicted molar refractivity (Wildman–Crippen MR) is 79.8 cm³/mol. The molecule has 1 N–H and O–H groups in total. The second kappa shape index (κ2) is 7.47. The molecule has 0 spiro atoms. The standard InChI is InChI=1S/C16H15F3N2O4/c1-9-13(15(23)24-2)20-12(7-22)21-14(9)25-8-10-4-3-5-11(6-10)16(17,18)19/h3-6,22H,7-8H2,1-2H3. The van der Waals surface area contributed by atoms with E-state index in [9.17, 15) is 23.1 Å². The summed E-state index contributed by atoms with van der Waals surface area (Å²) < 4.78 is 48.2. The third-order valence-corrected chi connectivity index (χ3v) is 3.30. The number of hydrogen-bond acceptors (Lipinski definition) is 6. The van der Waals surface area contributed by atoms with Crippen LogP contribution in [0.4, 0.5) is 13.2 Å². The Morgan fingerprint density at radius 3 is 2.60 bits per heavy atom. The fraction of sp³-hybridized carbons (Fsp3) is 0.312.